The van der Waals surface area contributed by atoms with Gasteiger partial charge < -0.3 is 5.11 Å². The van der Waals surface area contributed by atoms with Crippen LogP contribution < -0.4 is 5.32 Å². The predicted octanol–water partition coefficient (Wildman–Crippen LogP) is 0.468. The highest BCUT2D eigenvalue weighted by atomic mass is 16.3. The summed E-state index contributed by atoms with van der Waals surface area (Å²) in [6.07, 6.45) is 4.37. The zero-order valence-electron chi connectivity index (χ0n) is 5.06. The Balaban J connectivity index is 2.17. The van der Waals surface area contributed by atoms with Gasteiger partial charge in [0.2, 0.25) is 0 Å². The van der Waals surface area contributed by atoms with Gasteiger partial charge in [-0.2, -0.15) is 0 Å². The molecular formula is C6H13NO. The standard InChI is InChI=1S/C6H13NO/c8-6-4-2-1-3-5-7-6/h6-8H,1-5H2/t6-/m0/s1. The number of nitrogens with one attached hydrogen (secondary N) is 1. The summed E-state index contributed by atoms with van der Waals surface area (Å²) in [5.74, 6) is 0. The van der Waals surface area contributed by atoms with Gasteiger partial charge in [0.15, 0.2) is 0 Å². The first kappa shape index (κ1) is 6.05. The molecular weight excluding hydrogens is 102 g/mol. The van der Waals surface area contributed by atoms with Crippen LogP contribution >= 0.6 is 0 Å². The van der Waals surface area contributed by atoms with Crippen LogP contribution in [0.15, 0.2) is 0 Å². The fourth-order valence-corrected chi connectivity index (χ4v) is 1.01. The molecule has 0 spiro atoms. The molecule has 0 aromatic heterocycles. The molecule has 1 aliphatic heterocycles. The van der Waals surface area contributed by atoms with Crippen molar-refractivity contribution in [1.82, 2.24) is 5.32 Å². The second-order valence-electron chi connectivity index (χ2n) is 2.32. The average Bonchev–Trinajstić information content (AvgIpc) is 1.94. The molecule has 1 fully saturated rings. The van der Waals surface area contributed by atoms with Crippen LogP contribution in [0.4, 0.5) is 0 Å². The minimum absolute atomic E-state index is 0.225. The minimum Gasteiger partial charge on any atom is -0.379 e. The molecule has 8 heavy (non-hydrogen) atoms. The molecule has 1 atom stereocenters. The van der Waals surface area contributed by atoms with Crippen LogP contribution in [-0.2, 0) is 0 Å². The van der Waals surface area contributed by atoms with E-state index in [1.54, 1.807) is 0 Å². The van der Waals surface area contributed by atoms with Crippen molar-refractivity contribution < 1.29 is 5.11 Å². The maximum absolute atomic E-state index is 8.98. The third kappa shape index (κ3) is 1.80. The maximum atomic E-state index is 8.98. The third-order valence-corrected chi connectivity index (χ3v) is 1.53. The molecule has 1 saturated heterocycles. The molecule has 0 amide bonds. The highest BCUT2D eigenvalue weighted by molar-refractivity contribution is 4.59. The summed E-state index contributed by atoms with van der Waals surface area (Å²) in [5, 5.41) is 12.0. The molecule has 48 valence electrons. The van der Waals surface area contributed by atoms with Gasteiger partial charge in [-0.05, 0) is 25.8 Å². The Morgan fingerprint density at radius 1 is 1.25 bits per heavy atom. The Morgan fingerprint density at radius 3 is 3.00 bits per heavy atom. The Labute approximate surface area is 49.9 Å². The minimum atomic E-state index is -0.225. The summed E-state index contributed by atoms with van der Waals surface area (Å²) >= 11 is 0. The Kier molecular flexibility index (Phi) is 2.30. The zero-order chi connectivity index (χ0) is 5.82. The van der Waals surface area contributed by atoms with Crippen molar-refractivity contribution in [1.29, 1.82) is 0 Å². The summed E-state index contributed by atoms with van der Waals surface area (Å²) in [5.41, 5.74) is 0. The highest BCUT2D eigenvalue weighted by Crippen LogP contribution is 2.05. The largest absolute Gasteiger partial charge is 0.379 e. The van der Waals surface area contributed by atoms with E-state index in [-0.39, 0.29) is 6.23 Å². The Morgan fingerprint density at radius 2 is 2.12 bits per heavy atom. The second-order valence-corrected chi connectivity index (χ2v) is 2.32. The lowest BCUT2D eigenvalue weighted by molar-refractivity contribution is 0.134. The summed E-state index contributed by atoms with van der Waals surface area (Å²) in [6.45, 7) is 0.987. The average molecular weight is 115 g/mol. The first-order chi connectivity index (χ1) is 3.89. The fourth-order valence-electron chi connectivity index (χ4n) is 1.01. The van der Waals surface area contributed by atoms with Gasteiger partial charge in [-0.3, -0.25) is 5.32 Å². The zero-order valence-corrected chi connectivity index (χ0v) is 5.06. The molecule has 0 aliphatic carbocycles. The summed E-state index contributed by atoms with van der Waals surface area (Å²) < 4.78 is 0. The van der Waals surface area contributed by atoms with E-state index in [2.05, 4.69) is 5.32 Å². The lowest BCUT2D eigenvalue weighted by Crippen LogP contribution is -2.27. The van der Waals surface area contributed by atoms with Crippen molar-refractivity contribution in [2.24, 2.45) is 0 Å². The monoisotopic (exact) mass is 115 g/mol. The van der Waals surface area contributed by atoms with Crippen LogP contribution in [0.1, 0.15) is 25.7 Å². The van der Waals surface area contributed by atoms with E-state index >= 15 is 0 Å². The molecule has 0 radical (unpaired) electrons. The van der Waals surface area contributed by atoms with Crippen LogP contribution in [0.2, 0.25) is 0 Å². The van der Waals surface area contributed by atoms with Crippen LogP contribution in [0.25, 0.3) is 0 Å². The second kappa shape index (κ2) is 3.05. The van der Waals surface area contributed by atoms with Gasteiger partial charge in [-0.15, -0.1) is 0 Å². The van der Waals surface area contributed by atoms with Gasteiger partial charge >= 0.3 is 0 Å². The lowest BCUT2D eigenvalue weighted by Gasteiger charge is -2.05. The first-order valence-electron chi connectivity index (χ1n) is 3.31. The van der Waals surface area contributed by atoms with Crippen molar-refractivity contribution in [2.45, 2.75) is 31.9 Å². The van der Waals surface area contributed by atoms with Gasteiger partial charge in [0.25, 0.3) is 0 Å². The molecule has 1 rings (SSSR count). The maximum Gasteiger partial charge on any atom is 0.104 e. The third-order valence-electron chi connectivity index (χ3n) is 1.53. The van der Waals surface area contributed by atoms with Crippen molar-refractivity contribution in [2.75, 3.05) is 6.54 Å². The van der Waals surface area contributed by atoms with Gasteiger partial charge in [-0.25, -0.2) is 0 Å². The molecule has 2 N–H and O–H groups in total. The molecule has 1 aliphatic rings. The van der Waals surface area contributed by atoms with Crippen LogP contribution in [-0.4, -0.2) is 17.9 Å². The highest BCUT2D eigenvalue weighted by Gasteiger charge is 2.05. The van der Waals surface area contributed by atoms with Crippen molar-refractivity contribution in [3.63, 3.8) is 0 Å². The van der Waals surface area contributed by atoms with E-state index in [0.29, 0.717) is 0 Å². The Bertz CT molecular complexity index is 57.5. The van der Waals surface area contributed by atoms with Crippen LogP contribution in [0.3, 0.4) is 0 Å². The summed E-state index contributed by atoms with van der Waals surface area (Å²) in [6, 6.07) is 0. The number of hydrogen-bond donors (Lipinski definition) is 2. The number of hydrogen-bond acceptors (Lipinski definition) is 2. The fraction of sp³-hybridized carbons (Fsp3) is 1.00. The van der Waals surface area contributed by atoms with E-state index in [1.165, 1.54) is 19.3 Å². The van der Waals surface area contributed by atoms with Gasteiger partial charge in [-0.1, -0.05) is 6.42 Å². The molecule has 2 heteroatoms. The molecule has 0 aromatic carbocycles. The number of aliphatic hydroxyl groups excluding tert-OH is 1. The van der Waals surface area contributed by atoms with E-state index in [0.717, 1.165) is 13.0 Å². The van der Waals surface area contributed by atoms with Crippen LogP contribution in [0, 0.1) is 0 Å². The summed E-state index contributed by atoms with van der Waals surface area (Å²) in [7, 11) is 0. The van der Waals surface area contributed by atoms with Gasteiger partial charge in [0.05, 0.1) is 0 Å². The quantitative estimate of drug-likeness (QED) is 0.481. The van der Waals surface area contributed by atoms with Gasteiger partial charge in [0, 0.05) is 0 Å². The molecule has 2 nitrogen and oxygen atoms in total. The van der Waals surface area contributed by atoms with Crippen LogP contribution in [0.5, 0.6) is 0 Å². The topological polar surface area (TPSA) is 32.3 Å². The van der Waals surface area contributed by atoms with E-state index in [4.69, 9.17) is 5.11 Å². The smallest absolute Gasteiger partial charge is 0.104 e. The van der Waals surface area contributed by atoms with Gasteiger partial charge in [0.1, 0.15) is 6.23 Å². The normalized spacial score (nSPS) is 31.9. The van der Waals surface area contributed by atoms with Crippen molar-refractivity contribution >= 4 is 0 Å². The van der Waals surface area contributed by atoms with E-state index < -0.39 is 0 Å². The molecule has 0 saturated carbocycles. The molecule has 1 heterocycles. The Hall–Kier alpha value is -0.0800. The first-order valence-corrected chi connectivity index (χ1v) is 3.31. The molecule has 0 unspecified atom stereocenters. The molecule has 0 bridgehead atoms. The predicted molar refractivity (Wildman–Crippen MR) is 32.5 cm³/mol. The summed E-state index contributed by atoms with van der Waals surface area (Å²) in [4.78, 5) is 0. The molecule has 0 aromatic rings. The van der Waals surface area contributed by atoms with E-state index in [1.807, 2.05) is 0 Å². The number of aliphatic hydroxyl groups is 1. The van der Waals surface area contributed by atoms with E-state index in [9.17, 15) is 0 Å². The number of rotatable bonds is 0. The van der Waals surface area contributed by atoms with Crippen molar-refractivity contribution in [3.05, 3.63) is 0 Å². The SMILES string of the molecule is O[C@H]1CCCCCN1. The lowest BCUT2D eigenvalue weighted by atomic mass is 10.2. The van der Waals surface area contributed by atoms with Crippen molar-refractivity contribution in [3.8, 4) is 0 Å².